The normalized spacial score (nSPS) is 10.1. The largest absolute Gasteiger partial charge is 0.289 e. The van der Waals surface area contributed by atoms with Crippen LogP contribution in [0.4, 0.5) is 0 Å². The summed E-state index contributed by atoms with van der Waals surface area (Å²) in [5, 5.41) is 2.80. The Balaban J connectivity index is 3.48. The van der Waals surface area contributed by atoms with Crippen molar-refractivity contribution in [1.82, 2.24) is 8.81 Å². The summed E-state index contributed by atoms with van der Waals surface area (Å²) >= 11 is 3.02. The molecule has 0 aliphatic rings. The van der Waals surface area contributed by atoms with Crippen LogP contribution >= 0.6 is 16.1 Å². The summed E-state index contributed by atoms with van der Waals surface area (Å²) < 4.78 is 1.29. The van der Waals surface area contributed by atoms with Crippen molar-refractivity contribution in [3.05, 3.63) is 21.6 Å². The lowest BCUT2D eigenvalue weighted by atomic mass is 10.3. The molecule has 0 saturated heterocycles. The van der Waals surface area contributed by atoms with Gasteiger partial charge in [-0.3, -0.25) is 9.89 Å². The molecule has 1 rings (SSSR count). The van der Waals surface area contributed by atoms with Gasteiger partial charge in [0.15, 0.2) is 0 Å². The first kappa shape index (κ1) is 6.61. The molecule has 4 heteroatoms. The van der Waals surface area contributed by atoms with Gasteiger partial charge in [0.05, 0.1) is 16.1 Å². The Bertz CT molecular complexity index is 273. The highest BCUT2D eigenvalue weighted by Crippen LogP contribution is 1.96. The number of aromatic nitrogens is 2. The van der Waals surface area contributed by atoms with E-state index in [2.05, 4.69) is 21.2 Å². The number of H-pyrrole nitrogens is 1. The van der Waals surface area contributed by atoms with Gasteiger partial charge in [-0.15, -0.1) is 0 Å². The first-order chi connectivity index (χ1) is 4.13. The van der Waals surface area contributed by atoms with Gasteiger partial charge in [0.1, 0.15) is 0 Å². The third kappa shape index (κ3) is 0.941. The zero-order chi connectivity index (χ0) is 7.02. The lowest BCUT2D eigenvalue weighted by molar-refractivity contribution is 0.971. The number of rotatable bonds is 0. The smallest absolute Gasteiger partial charge is 0.280 e. The average molecular weight is 191 g/mol. The number of aromatic amines is 1. The van der Waals surface area contributed by atoms with Crippen molar-refractivity contribution in [1.29, 1.82) is 0 Å². The van der Waals surface area contributed by atoms with Crippen LogP contribution in [-0.4, -0.2) is 8.81 Å². The van der Waals surface area contributed by atoms with Gasteiger partial charge in [0, 0.05) is 11.3 Å². The Labute approximate surface area is 61.0 Å². The molecule has 50 valence electrons. The Kier molecular flexibility index (Phi) is 1.48. The topological polar surface area (TPSA) is 37.8 Å². The Hall–Kier alpha value is -0.510. The molecule has 1 aromatic rings. The second-order valence-electron chi connectivity index (χ2n) is 1.95. The quantitative estimate of drug-likeness (QED) is 0.651. The van der Waals surface area contributed by atoms with Crippen molar-refractivity contribution in [3.8, 4) is 0 Å². The van der Waals surface area contributed by atoms with Gasteiger partial charge in [0.25, 0.3) is 5.56 Å². The molecule has 1 N–H and O–H groups in total. The van der Waals surface area contributed by atoms with Crippen LogP contribution in [0.3, 0.4) is 0 Å². The fraction of sp³-hybridized carbons (Fsp3) is 0.400. The minimum Gasteiger partial charge on any atom is -0.289 e. The molecule has 0 aliphatic heterocycles. The van der Waals surface area contributed by atoms with E-state index in [1.54, 1.807) is 6.92 Å². The second kappa shape index (κ2) is 2.02. The van der Waals surface area contributed by atoms with Crippen LogP contribution in [0.1, 0.15) is 11.3 Å². The summed E-state index contributed by atoms with van der Waals surface area (Å²) in [5.74, 6) is 0. The molecule has 0 spiro atoms. The lowest BCUT2D eigenvalue weighted by Crippen LogP contribution is -2.08. The van der Waals surface area contributed by atoms with E-state index >= 15 is 0 Å². The molecule has 0 bridgehead atoms. The monoisotopic (exact) mass is 190 g/mol. The van der Waals surface area contributed by atoms with E-state index in [0.717, 1.165) is 11.3 Å². The van der Waals surface area contributed by atoms with Crippen LogP contribution < -0.4 is 5.56 Å². The lowest BCUT2D eigenvalue weighted by Gasteiger charge is -1.80. The molecule has 0 saturated carbocycles. The van der Waals surface area contributed by atoms with E-state index < -0.39 is 0 Å². The van der Waals surface area contributed by atoms with Crippen LogP contribution in [0, 0.1) is 13.8 Å². The number of halogens is 1. The average Bonchev–Trinajstić information content (AvgIpc) is 1.98. The molecular weight excluding hydrogens is 184 g/mol. The summed E-state index contributed by atoms with van der Waals surface area (Å²) in [6.07, 6.45) is 0. The molecule has 1 heterocycles. The highest BCUT2D eigenvalue weighted by Gasteiger charge is 2.01. The molecule has 0 aromatic carbocycles. The number of nitrogens with one attached hydrogen (secondary N) is 1. The molecule has 0 unspecified atom stereocenters. The molecule has 0 amide bonds. The van der Waals surface area contributed by atoms with Gasteiger partial charge in [-0.1, -0.05) is 0 Å². The molecule has 0 aliphatic carbocycles. The van der Waals surface area contributed by atoms with Crippen LogP contribution in [0.15, 0.2) is 4.79 Å². The van der Waals surface area contributed by atoms with Crippen LogP contribution in [-0.2, 0) is 0 Å². The van der Waals surface area contributed by atoms with E-state index in [1.165, 1.54) is 3.71 Å². The summed E-state index contributed by atoms with van der Waals surface area (Å²) in [4.78, 5) is 10.9. The summed E-state index contributed by atoms with van der Waals surface area (Å²) in [6.45, 7) is 3.64. The van der Waals surface area contributed by atoms with Crippen molar-refractivity contribution in [2.45, 2.75) is 13.8 Å². The molecule has 9 heavy (non-hydrogen) atoms. The SMILES string of the molecule is Cc1[nH]n(Br)c(=O)c1C. The number of nitrogens with zero attached hydrogens (tertiary/aromatic N) is 1. The van der Waals surface area contributed by atoms with Gasteiger partial charge in [-0.2, -0.15) is 3.71 Å². The maximum Gasteiger partial charge on any atom is 0.280 e. The Morgan fingerprint density at radius 3 is 2.22 bits per heavy atom. The summed E-state index contributed by atoms with van der Waals surface area (Å²) in [5.41, 5.74) is 1.64. The standard InChI is InChI=1S/C5H7BrN2O/c1-3-4(2)7-8(6)5(3)9/h7H,1-2H3. The molecule has 0 radical (unpaired) electrons. The molecule has 1 aromatic heterocycles. The second-order valence-corrected chi connectivity index (χ2v) is 2.66. The van der Waals surface area contributed by atoms with Gasteiger partial charge in [-0.25, -0.2) is 0 Å². The van der Waals surface area contributed by atoms with E-state index in [-0.39, 0.29) is 5.56 Å². The molecule has 0 fully saturated rings. The van der Waals surface area contributed by atoms with Crippen LogP contribution in [0.25, 0.3) is 0 Å². The number of hydrogen-bond donors (Lipinski definition) is 1. The van der Waals surface area contributed by atoms with E-state index in [9.17, 15) is 4.79 Å². The summed E-state index contributed by atoms with van der Waals surface area (Å²) in [7, 11) is 0. The number of aryl methyl sites for hydroxylation is 1. The molecule has 3 nitrogen and oxygen atoms in total. The van der Waals surface area contributed by atoms with E-state index in [4.69, 9.17) is 0 Å². The van der Waals surface area contributed by atoms with Gasteiger partial charge in [0.2, 0.25) is 0 Å². The third-order valence-electron chi connectivity index (χ3n) is 1.33. The summed E-state index contributed by atoms with van der Waals surface area (Å²) in [6, 6.07) is 0. The fourth-order valence-corrected chi connectivity index (χ4v) is 1.12. The molecular formula is C5H7BrN2O. The maximum atomic E-state index is 10.9. The van der Waals surface area contributed by atoms with E-state index in [1.807, 2.05) is 6.92 Å². The third-order valence-corrected chi connectivity index (χ3v) is 1.83. The van der Waals surface area contributed by atoms with Crippen molar-refractivity contribution in [2.24, 2.45) is 0 Å². The predicted octanol–water partition coefficient (Wildman–Crippen LogP) is 0.951. The minimum atomic E-state index is -0.0208. The fourth-order valence-electron chi connectivity index (χ4n) is 0.590. The van der Waals surface area contributed by atoms with E-state index in [0.29, 0.717) is 0 Å². The van der Waals surface area contributed by atoms with Crippen molar-refractivity contribution in [3.63, 3.8) is 0 Å². The highest BCUT2D eigenvalue weighted by atomic mass is 79.9. The first-order valence-corrected chi connectivity index (χ1v) is 3.28. The minimum absolute atomic E-state index is 0.0208. The van der Waals surface area contributed by atoms with Crippen LogP contribution in [0.5, 0.6) is 0 Å². The van der Waals surface area contributed by atoms with Crippen molar-refractivity contribution >= 4 is 16.1 Å². The zero-order valence-electron chi connectivity index (χ0n) is 5.23. The number of hydrogen-bond acceptors (Lipinski definition) is 1. The van der Waals surface area contributed by atoms with Gasteiger partial charge < -0.3 is 0 Å². The van der Waals surface area contributed by atoms with Gasteiger partial charge >= 0.3 is 0 Å². The Morgan fingerprint density at radius 2 is 2.11 bits per heavy atom. The van der Waals surface area contributed by atoms with Crippen LogP contribution in [0.2, 0.25) is 0 Å². The highest BCUT2D eigenvalue weighted by molar-refractivity contribution is 9.08. The maximum absolute atomic E-state index is 10.9. The predicted molar refractivity (Wildman–Crippen MR) is 38.9 cm³/mol. The zero-order valence-corrected chi connectivity index (χ0v) is 6.82. The Morgan fingerprint density at radius 1 is 1.56 bits per heavy atom. The first-order valence-electron chi connectivity index (χ1n) is 2.57. The van der Waals surface area contributed by atoms with Crippen molar-refractivity contribution in [2.75, 3.05) is 0 Å². The van der Waals surface area contributed by atoms with Gasteiger partial charge in [-0.05, 0) is 13.8 Å². The van der Waals surface area contributed by atoms with Crippen molar-refractivity contribution < 1.29 is 0 Å². The molecule has 0 atom stereocenters.